The number of fused-ring (bicyclic) bond motifs is 1. The van der Waals surface area contributed by atoms with E-state index in [0.717, 1.165) is 50.8 Å². The summed E-state index contributed by atoms with van der Waals surface area (Å²) >= 11 is 7.87. The predicted molar refractivity (Wildman–Crippen MR) is 110 cm³/mol. The molecule has 0 aliphatic carbocycles. The van der Waals surface area contributed by atoms with Crippen LogP contribution in [-0.2, 0) is 13.1 Å². The topological polar surface area (TPSA) is 37.8 Å². The Morgan fingerprint density at radius 1 is 1.08 bits per heavy atom. The Morgan fingerprint density at radius 2 is 2.00 bits per heavy atom. The van der Waals surface area contributed by atoms with E-state index in [0.29, 0.717) is 0 Å². The lowest BCUT2D eigenvalue weighted by atomic mass is 10.0. The number of thiazole rings is 1. The number of halogens is 1. The van der Waals surface area contributed by atoms with E-state index in [1.807, 2.05) is 29.8 Å². The molecule has 26 heavy (non-hydrogen) atoms. The largest absolute Gasteiger partial charge is 0.306 e. The van der Waals surface area contributed by atoms with Gasteiger partial charge in [-0.15, -0.1) is 11.3 Å². The van der Waals surface area contributed by atoms with Crippen LogP contribution >= 0.6 is 22.9 Å². The fourth-order valence-corrected chi connectivity index (χ4v) is 3.76. The third-order valence-corrected chi connectivity index (χ3v) is 5.24. The fraction of sp³-hybridized carbons (Fsp3) is 0.143. The third kappa shape index (κ3) is 3.78. The van der Waals surface area contributed by atoms with Crippen LogP contribution in [0, 0.1) is 6.92 Å². The minimum Gasteiger partial charge on any atom is -0.306 e. The molecule has 0 amide bonds. The Labute approximate surface area is 161 Å². The summed E-state index contributed by atoms with van der Waals surface area (Å²) in [5.41, 5.74) is 5.37. The minimum atomic E-state index is 0.718. The second-order valence-corrected chi connectivity index (χ2v) is 7.65. The van der Waals surface area contributed by atoms with E-state index in [2.05, 4.69) is 47.6 Å². The number of hydrogen-bond donors (Lipinski definition) is 1. The first-order chi connectivity index (χ1) is 12.7. The van der Waals surface area contributed by atoms with Gasteiger partial charge in [-0.1, -0.05) is 35.9 Å². The average Bonchev–Trinajstić information content (AvgIpc) is 3.15. The molecule has 1 N–H and O–H groups in total. The van der Waals surface area contributed by atoms with Crippen molar-refractivity contribution in [2.45, 2.75) is 20.0 Å². The molecule has 0 radical (unpaired) electrons. The molecule has 0 spiro atoms. The first-order valence-corrected chi connectivity index (χ1v) is 9.70. The Bertz CT molecular complexity index is 1040. The van der Waals surface area contributed by atoms with Crippen LogP contribution in [0.5, 0.6) is 0 Å². The fourth-order valence-electron chi connectivity index (χ4n) is 2.99. The number of nitrogens with one attached hydrogen (secondary N) is 1. The van der Waals surface area contributed by atoms with E-state index in [-0.39, 0.29) is 0 Å². The van der Waals surface area contributed by atoms with Gasteiger partial charge in [0.15, 0.2) is 0 Å². The Hall–Kier alpha value is -2.27. The highest BCUT2D eigenvalue weighted by molar-refractivity contribution is 7.09. The van der Waals surface area contributed by atoms with Gasteiger partial charge >= 0.3 is 0 Å². The molecule has 2 aromatic carbocycles. The molecule has 2 heterocycles. The van der Waals surface area contributed by atoms with Crippen molar-refractivity contribution in [3.63, 3.8) is 0 Å². The molecule has 0 bridgehead atoms. The zero-order chi connectivity index (χ0) is 17.9. The van der Waals surface area contributed by atoms with Crippen molar-refractivity contribution in [1.29, 1.82) is 0 Å². The van der Waals surface area contributed by atoms with Crippen molar-refractivity contribution in [3.8, 4) is 11.3 Å². The van der Waals surface area contributed by atoms with Crippen LogP contribution in [0.15, 0.2) is 60.1 Å². The number of aryl methyl sites for hydroxylation is 1. The molecule has 0 unspecified atom stereocenters. The van der Waals surface area contributed by atoms with Crippen LogP contribution < -0.4 is 5.32 Å². The summed E-state index contributed by atoms with van der Waals surface area (Å²) in [6.07, 6.45) is 1.83. The molecule has 130 valence electrons. The van der Waals surface area contributed by atoms with Crippen molar-refractivity contribution in [2.24, 2.45) is 0 Å². The number of aromatic nitrogens is 2. The van der Waals surface area contributed by atoms with E-state index < -0.39 is 0 Å². The average molecular weight is 380 g/mol. The molecule has 0 saturated carbocycles. The van der Waals surface area contributed by atoms with E-state index in [1.165, 1.54) is 5.56 Å². The smallest absolute Gasteiger partial charge is 0.106 e. The molecule has 0 fully saturated rings. The van der Waals surface area contributed by atoms with Crippen LogP contribution in [0.25, 0.3) is 22.2 Å². The second-order valence-electron chi connectivity index (χ2n) is 6.23. The summed E-state index contributed by atoms with van der Waals surface area (Å²) in [6.45, 7) is 3.56. The summed E-state index contributed by atoms with van der Waals surface area (Å²) in [5.74, 6) is 0. The Balaban J connectivity index is 1.73. The maximum Gasteiger partial charge on any atom is 0.106 e. The van der Waals surface area contributed by atoms with E-state index >= 15 is 0 Å². The second kappa shape index (κ2) is 7.54. The van der Waals surface area contributed by atoms with Gasteiger partial charge < -0.3 is 5.32 Å². The summed E-state index contributed by atoms with van der Waals surface area (Å²) < 4.78 is 0. The highest BCUT2D eigenvalue weighted by Gasteiger charge is 2.10. The summed E-state index contributed by atoms with van der Waals surface area (Å²) in [6, 6.07) is 16.5. The van der Waals surface area contributed by atoms with E-state index in [9.17, 15) is 0 Å². The molecule has 4 aromatic rings. The van der Waals surface area contributed by atoms with E-state index in [1.54, 1.807) is 11.3 Å². The van der Waals surface area contributed by atoms with Gasteiger partial charge in [0.1, 0.15) is 5.01 Å². The first kappa shape index (κ1) is 17.2. The lowest BCUT2D eigenvalue weighted by molar-refractivity contribution is 0.690. The van der Waals surface area contributed by atoms with Gasteiger partial charge in [-0.25, -0.2) is 9.97 Å². The first-order valence-electron chi connectivity index (χ1n) is 8.44. The molecule has 4 rings (SSSR count). The van der Waals surface area contributed by atoms with E-state index in [4.69, 9.17) is 16.6 Å². The minimum absolute atomic E-state index is 0.718. The molecular weight excluding hydrogens is 362 g/mol. The van der Waals surface area contributed by atoms with Crippen LogP contribution in [0.2, 0.25) is 5.02 Å². The Kier molecular flexibility index (Phi) is 4.98. The molecule has 0 aliphatic heterocycles. The van der Waals surface area contributed by atoms with Crippen molar-refractivity contribution in [1.82, 2.24) is 15.3 Å². The van der Waals surface area contributed by atoms with Crippen LogP contribution in [0.1, 0.15) is 16.1 Å². The maximum absolute atomic E-state index is 6.21. The molecule has 0 saturated heterocycles. The lowest BCUT2D eigenvalue weighted by Gasteiger charge is -2.12. The molecular formula is C21H18ClN3S. The maximum atomic E-state index is 6.21. The van der Waals surface area contributed by atoms with Crippen molar-refractivity contribution >= 4 is 33.8 Å². The van der Waals surface area contributed by atoms with Gasteiger partial charge in [0.05, 0.1) is 11.2 Å². The molecule has 5 heteroatoms. The molecule has 0 aliphatic rings. The highest BCUT2D eigenvalue weighted by atomic mass is 35.5. The zero-order valence-electron chi connectivity index (χ0n) is 14.4. The van der Waals surface area contributed by atoms with Crippen LogP contribution in [0.4, 0.5) is 0 Å². The van der Waals surface area contributed by atoms with Crippen molar-refractivity contribution < 1.29 is 0 Å². The monoisotopic (exact) mass is 379 g/mol. The highest BCUT2D eigenvalue weighted by Crippen LogP contribution is 2.28. The van der Waals surface area contributed by atoms with Crippen LogP contribution in [0.3, 0.4) is 0 Å². The number of nitrogens with zero attached hydrogens (tertiary/aromatic N) is 2. The number of rotatable bonds is 5. The summed E-state index contributed by atoms with van der Waals surface area (Å²) in [7, 11) is 0. The van der Waals surface area contributed by atoms with Crippen molar-refractivity contribution in [3.05, 3.63) is 81.3 Å². The quantitative estimate of drug-likeness (QED) is 0.489. The predicted octanol–water partition coefficient (Wildman–Crippen LogP) is 5.61. The third-order valence-electron chi connectivity index (χ3n) is 4.23. The zero-order valence-corrected chi connectivity index (χ0v) is 15.9. The number of hydrogen-bond acceptors (Lipinski definition) is 4. The van der Waals surface area contributed by atoms with Crippen LogP contribution in [-0.4, -0.2) is 9.97 Å². The Morgan fingerprint density at radius 3 is 2.81 bits per heavy atom. The normalized spacial score (nSPS) is 11.2. The van der Waals surface area contributed by atoms with Gasteiger partial charge in [-0.2, -0.15) is 0 Å². The molecule has 0 atom stereocenters. The number of pyridine rings is 1. The van der Waals surface area contributed by atoms with Gasteiger partial charge in [-0.3, -0.25) is 0 Å². The SMILES string of the molecule is Cc1ccc2cc(CNCc3nccs3)c(-c3cccc(Cl)c3)nc2c1. The summed E-state index contributed by atoms with van der Waals surface area (Å²) in [5, 5.41) is 8.42. The molecule has 3 nitrogen and oxygen atoms in total. The lowest BCUT2D eigenvalue weighted by Crippen LogP contribution is -2.13. The van der Waals surface area contributed by atoms with Gasteiger partial charge in [0.2, 0.25) is 0 Å². The summed E-state index contributed by atoms with van der Waals surface area (Å²) in [4.78, 5) is 9.27. The van der Waals surface area contributed by atoms with Gasteiger partial charge in [0, 0.05) is 40.6 Å². The standard InChI is InChI=1S/C21H18ClN3S/c1-14-5-6-15-10-17(12-23-13-20-24-7-8-26-20)21(25-19(15)9-14)16-3-2-4-18(22)11-16/h2-11,23H,12-13H2,1H3. The number of benzene rings is 2. The van der Waals surface area contributed by atoms with Gasteiger partial charge in [0.25, 0.3) is 0 Å². The van der Waals surface area contributed by atoms with Gasteiger partial charge in [-0.05, 0) is 42.3 Å². The van der Waals surface area contributed by atoms with Crippen molar-refractivity contribution in [2.75, 3.05) is 0 Å². The molecule has 2 aromatic heterocycles.